The van der Waals surface area contributed by atoms with Gasteiger partial charge >= 0.3 is 0 Å². The predicted molar refractivity (Wildman–Crippen MR) is 72.2 cm³/mol. The molecule has 2 aliphatic carbocycles. The van der Waals surface area contributed by atoms with Crippen LogP contribution in [0.3, 0.4) is 0 Å². The van der Waals surface area contributed by atoms with E-state index >= 15 is 0 Å². The van der Waals surface area contributed by atoms with Crippen LogP contribution in [0.1, 0.15) is 57.8 Å². The summed E-state index contributed by atoms with van der Waals surface area (Å²) < 4.78 is 0. The van der Waals surface area contributed by atoms with Crippen LogP contribution in [-0.4, -0.2) is 35.6 Å². The van der Waals surface area contributed by atoms with Crippen LogP contribution in [0.15, 0.2) is 0 Å². The van der Waals surface area contributed by atoms with Gasteiger partial charge in [-0.3, -0.25) is 4.79 Å². The third kappa shape index (κ3) is 3.25. The molecule has 104 valence electrons. The van der Waals surface area contributed by atoms with Gasteiger partial charge in [-0.1, -0.05) is 12.8 Å². The standard InChI is InChI=1S/C15H27NO2/c1-16(15(18)13-4-2-3-5-13)14-8-6-12(7-9-14)10-11-17/h12-14,17H,2-11H2,1H3. The highest BCUT2D eigenvalue weighted by atomic mass is 16.3. The van der Waals surface area contributed by atoms with Gasteiger partial charge < -0.3 is 10.0 Å². The van der Waals surface area contributed by atoms with Crippen molar-refractivity contribution in [3.63, 3.8) is 0 Å². The van der Waals surface area contributed by atoms with Gasteiger partial charge in [0.15, 0.2) is 0 Å². The first-order valence-corrected chi connectivity index (χ1v) is 7.60. The molecule has 0 aliphatic heterocycles. The first kappa shape index (κ1) is 13.9. The number of rotatable bonds is 4. The van der Waals surface area contributed by atoms with Crippen molar-refractivity contribution in [2.75, 3.05) is 13.7 Å². The molecule has 0 bridgehead atoms. The molecule has 0 aromatic carbocycles. The molecule has 18 heavy (non-hydrogen) atoms. The van der Waals surface area contributed by atoms with Crippen LogP contribution >= 0.6 is 0 Å². The third-order valence-electron chi connectivity index (χ3n) is 4.95. The van der Waals surface area contributed by atoms with Crippen LogP contribution in [-0.2, 0) is 4.79 Å². The smallest absolute Gasteiger partial charge is 0.225 e. The molecule has 2 fully saturated rings. The molecule has 0 aromatic rings. The highest BCUT2D eigenvalue weighted by molar-refractivity contribution is 5.79. The Bertz CT molecular complexity index is 266. The summed E-state index contributed by atoms with van der Waals surface area (Å²) >= 11 is 0. The largest absolute Gasteiger partial charge is 0.396 e. The summed E-state index contributed by atoms with van der Waals surface area (Å²) in [6.45, 7) is 0.312. The maximum atomic E-state index is 12.3. The van der Waals surface area contributed by atoms with Crippen molar-refractivity contribution in [1.82, 2.24) is 4.90 Å². The number of carbonyl (C=O) groups is 1. The molecule has 1 amide bonds. The molecule has 0 saturated heterocycles. The Hall–Kier alpha value is -0.570. The van der Waals surface area contributed by atoms with Gasteiger partial charge in [0.2, 0.25) is 5.91 Å². The Labute approximate surface area is 111 Å². The molecule has 2 saturated carbocycles. The number of carbonyl (C=O) groups excluding carboxylic acids is 1. The molecule has 3 heteroatoms. The summed E-state index contributed by atoms with van der Waals surface area (Å²) in [5, 5.41) is 8.96. The highest BCUT2D eigenvalue weighted by Gasteiger charge is 2.31. The van der Waals surface area contributed by atoms with Crippen LogP contribution in [0.2, 0.25) is 0 Å². The fraction of sp³-hybridized carbons (Fsp3) is 0.933. The first-order valence-electron chi connectivity index (χ1n) is 7.60. The summed E-state index contributed by atoms with van der Waals surface area (Å²) in [5.74, 6) is 1.38. The summed E-state index contributed by atoms with van der Waals surface area (Å²) in [6.07, 6.45) is 10.2. The molecule has 3 nitrogen and oxygen atoms in total. The summed E-state index contributed by atoms with van der Waals surface area (Å²) in [6, 6.07) is 0.452. The molecule has 0 spiro atoms. The molecule has 0 atom stereocenters. The first-order chi connectivity index (χ1) is 8.72. The Morgan fingerprint density at radius 2 is 1.72 bits per heavy atom. The summed E-state index contributed by atoms with van der Waals surface area (Å²) in [4.78, 5) is 14.4. The van der Waals surface area contributed by atoms with E-state index in [0.29, 0.717) is 30.4 Å². The number of aliphatic hydroxyl groups excluding tert-OH is 1. The zero-order chi connectivity index (χ0) is 13.0. The van der Waals surface area contributed by atoms with Crippen LogP contribution in [0, 0.1) is 11.8 Å². The summed E-state index contributed by atoms with van der Waals surface area (Å²) in [7, 11) is 2.00. The van der Waals surface area contributed by atoms with E-state index < -0.39 is 0 Å². The lowest BCUT2D eigenvalue weighted by molar-refractivity contribution is -0.136. The molecule has 2 aliphatic rings. The fourth-order valence-electron chi connectivity index (χ4n) is 3.64. The minimum atomic E-state index is 0.310. The Morgan fingerprint density at radius 1 is 1.11 bits per heavy atom. The minimum Gasteiger partial charge on any atom is -0.396 e. The van der Waals surface area contributed by atoms with E-state index in [9.17, 15) is 4.79 Å². The molecule has 1 N–H and O–H groups in total. The van der Waals surface area contributed by atoms with Gasteiger partial charge in [-0.2, -0.15) is 0 Å². The van der Waals surface area contributed by atoms with Crippen molar-refractivity contribution in [1.29, 1.82) is 0 Å². The van der Waals surface area contributed by atoms with Crippen molar-refractivity contribution in [3.8, 4) is 0 Å². The Morgan fingerprint density at radius 3 is 2.28 bits per heavy atom. The van der Waals surface area contributed by atoms with Gasteiger partial charge in [-0.15, -0.1) is 0 Å². The second kappa shape index (κ2) is 6.55. The highest BCUT2D eigenvalue weighted by Crippen LogP contribution is 2.32. The zero-order valence-electron chi connectivity index (χ0n) is 11.6. The number of amides is 1. The summed E-state index contributed by atoms with van der Waals surface area (Å²) in [5.41, 5.74) is 0. The average Bonchev–Trinajstić information content (AvgIpc) is 2.92. The molecular weight excluding hydrogens is 226 g/mol. The quantitative estimate of drug-likeness (QED) is 0.836. The maximum Gasteiger partial charge on any atom is 0.225 e. The van der Waals surface area contributed by atoms with Crippen LogP contribution in [0.4, 0.5) is 0 Å². The number of hydrogen-bond donors (Lipinski definition) is 1. The van der Waals surface area contributed by atoms with Gasteiger partial charge in [-0.05, 0) is 50.9 Å². The van der Waals surface area contributed by atoms with Crippen molar-refractivity contribution >= 4 is 5.91 Å². The van der Waals surface area contributed by atoms with Gasteiger partial charge in [-0.25, -0.2) is 0 Å². The Balaban J connectivity index is 1.79. The third-order valence-corrected chi connectivity index (χ3v) is 4.95. The fourth-order valence-corrected chi connectivity index (χ4v) is 3.64. The molecular formula is C15H27NO2. The van der Waals surface area contributed by atoms with E-state index in [4.69, 9.17) is 5.11 Å². The van der Waals surface area contributed by atoms with E-state index in [0.717, 1.165) is 32.1 Å². The van der Waals surface area contributed by atoms with Crippen LogP contribution in [0.25, 0.3) is 0 Å². The van der Waals surface area contributed by atoms with Crippen molar-refractivity contribution in [2.24, 2.45) is 11.8 Å². The van der Waals surface area contributed by atoms with Gasteiger partial charge in [0.05, 0.1) is 0 Å². The second-order valence-corrected chi connectivity index (χ2v) is 6.12. The topological polar surface area (TPSA) is 40.5 Å². The molecule has 0 aromatic heterocycles. The molecule has 2 rings (SSSR count). The van der Waals surface area contributed by atoms with Gasteiger partial charge in [0.25, 0.3) is 0 Å². The monoisotopic (exact) mass is 253 g/mol. The van der Waals surface area contributed by atoms with E-state index in [1.165, 1.54) is 25.7 Å². The van der Waals surface area contributed by atoms with Gasteiger partial charge in [0.1, 0.15) is 0 Å². The second-order valence-electron chi connectivity index (χ2n) is 6.12. The molecule has 0 radical (unpaired) electrons. The van der Waals surface area contributed by atoms with Crippen molar-refractivity contribution < 1.29 is 9.90 Å². The van der Waals surface area contributed by atoms with E-state index in [1.807, 2.05) is 11.9 Å². The zero-order valence-corrected chi connectivity index (χ0v) is 11.6. The average molecular weight is 253 g/mol. The number of aliphatic hydroxyl groups is 1. The van der Waals surface area contributed by atoms with E-state index in [1.54, 1.807) is 0 Å². The maximum absolute atomic E-state index is 12.3. The van der Waals surface area contributed by atoms with E-state index in [2.05, 4.69) is 0 Å². The lowest BCUT2D eigenvalue weighted by Gasteiger charge is -2.35. The number of nitrogens with zero attached hydrogens (tertiary/aromatic N) is 1. The minimum absolute atomic E-state index is 0.310. The SMILES string of the molecule is CN(C(=O)C1CCCC1)C1CCC(CCO)CC1. The molecule has 0 unspecified atom stereocenters. The molecule has 0 heterocycles. The number of hydrogen-bond acceptors (Lipinski definition) is 2. The van der Waals surface area contributed by atoms with E-state index in [-0.39, 0.29) is 0 Å². The van der Waals surface area contributed by atoms with Gasteiger partial charge in [0, 0.05) is 25.6 Å². The normalized spacial score (nSPS) is 29.4. The lowest BCUT2D eigenvalue weighted by Crippen LogP contribution is -2.42. The van der Waals surface area contributed by atoms with Crippen molar-refractivity contribution in [3.05, 3.63) is 0 Å². The lowest BCUT2D eigenvalue weighted by atomic mass is 9.83. The van der Waals surface area contributed by atoms with Crippen molar-refractivity contribution in [2.45, 2.75) is 63.8 Å². The Kier molecular flexibility index (Phi) is 5.04. The van der Waals surface area contributed by atoms with Crippen LogP contribution in [0.5, 0.6) is 0 Å². The predicted octanol–water partition coefficient (Wildman–Crippen LogP) is 2.58. The van der Waals surface area contributed by atoms with Crippen LogP contribution < -0.4 is 0 Å².